The van der Waals surface area contributed by atoms with Crippen LogP contribution < -0.4 is 16.3 Å². The Kier molecular flexibility index (Phi) is 7.42. The molecule has 0 spiro atoms. The maximum Gasteiger partial charge on any atom is 0.429 e. The van der Waals surface area contributed by atoms with Crippen molar-refractivity contribution in [2.75, 3.05) is 13.1 Å². The average molecular weight is 215 g/mol. The van der Waals surface area contributed by atoms with Gasteiger partial charge in [-0.3, -0.25) is 0 Å². The normalized spacial score (nSPS) is 8.53. The summed E-state index contributed by atoms with van der Waals surface area (Å²) in [5.74, 6) is 0. The molecule has 0 bridgehead atoms. The van der Waals surface area contributed by atoms with E-state index < -0.39 is 12.2 Å². The Morgan fingerprint density at radius 1 is 1.00 bits per heavy atom. The summed E-state index contributed by atoms with van der Waals surface area (Å²) in [6.45, 7) is 7.27. The van der Waals surface area contributed by atoms with E-state index in [0.29, 0.717) is 0 Å². The molecule has 3 N–H and O–H groups in total. The molecule has 2 amide bonds. The summed E-state index contributed by atoms with van der Waals surface area (Å²) in [7, 11) is 0. The van der Waals surface area contributed by atoms with Crippen LogP contribution in [0.3, 0.4) is 0 Å². The summed E-state index contributed by atoms with van der Waals surface area (Å²) in [5.41, 5.74) is 1.71. The minimum absolute atomic E-state index is 0.253. The van der Waals surface area contributed by atoms with E-state index in [4.69, 9.17) is 0 Å². The highest BCUT2D eigenvalue weighted by Crippen LogP contribution is 1.75. The summed E-state index contributed by atoms with van der Waals surface area (Å²) < 4.78 is 0. The Bertz CT molecular complexity index is 218. The second-order valence-corrected chi connectivity index (χ2v) is 2.20. The van der Waals surface area contributed by atoms with Crippen LogP contribution in [0.5, 0.6) is 0 Å². The maximum absolute atomic E-state index is 10.7. The van der Waals surface area contributed by atoms with Crippen molar-refractivity contribution in [2.24, 2.45) is 0 Å². The van der Waals surface area contributed by atoms with Crippen LogP contribution >= 0.6 is 0 Å². The van der Waals surface area contributed by atoms with E-state index in [1.165, 1.54) is 12.2 Å². The second-order valence-electron chi connectivity index (χ2n) is 2.20. The number of hydrogen-bond donors (Lipinski definition) is 3. The van der Waals surface area contributed by atoms with Gasteiger partial charge in [-0.25, -0.2) is 9.59 Å². The minimum Gasteiger partial charge on any atom is -0.317 e. The minimum atomic E-state index is -0.786. The number of nitrogens with one attached hydrogen (secondary N) is 3. The fraction of sp³-hybridized carbons (Fsp3) is 0.250. The van der Waals surface area contributed by atoms with E-state index in [1.807, 2.05) is 0 Å². The zero-order valence-corrected chi connectivity index (χ0v) is 8.12. The molecule has 0 aromatic carbocycles. The Labute approximate surface area is 87.0 Å². The SMILES string of the molecule is C=CCNC(=O)ONOC(=O)NCC=C. The molecule has 0 aromatic heterocycles. The summed E-state index contributed by atoms with van der Waals surface area (Å²) in [5, 5.41) is 4.56. The van der Waals surface area contributed by atoms with Crippen molar-refractivity contribution >= 4 is 12.2 Å². The van der Waals surface area contributed by atoms with E-state index in [2.05, 4.69) is 33.5 Å². The van der Waals surface area contributed by atoms with Crippen LogP contribution in [0.25, 0.3) is 0 Å². The molecule has 0 heterocycles. The van der Waals surface area contributed by atoms with Crippen molar-refractivity contribution in [3.05, 3.63) is 25.3 Å². The topological polar surface area (TPSA) is 88.7 Å². The number of carbonyl (C=O) groups excluding carboxylic acids is 2. The smallest absolute Gasteiger partial charge is 0.317 e. The molecule has 7 heteroatoms. The first-order chi connectivity index (χ1) is 7.20. The molecule has 0 aromatic rings. The molecule has 15 heavy (non-hydrogen) atoms. The quantitative estimate of drug-likeness (QED) is 0.436. The summed E-state index contributed by atoms with van der Waals surface area (Å²) in [4.78, 5) is 29.9. The zero-order valence-electron chi connectivity index (χ0n) is 8.12. The van der Waals surface area contributed by atoms with E-state index in [9.17, 15) is 9.59 Å². The second kappa shape index (κ2) is 8.57. The third-order valence-corrected chi connectivity index (χ3v) is 1.05. The van der Waals surface area contributed by atoms with Crippen LogP contribution in [0.15, 0.2) is 25.3 Å². The number of rotatable bonds is 6. The average Bonchev–Trinajstić information content (AvgIpc) is 2.23. The van der Waals surface area contributed by atoms with E-state index >= 15 is 0 Å². The molecule has 0 radical (unpaired) electrons. The monoisotopic (exact) mass is 215 g/mol. The first-order valence-corrected chi connectivity index (χ1v) is 4.06. The highest BCUT2D eigenvalue weighted by Gasteiger charge is 2.02. The molecule has 0 fully saturated rings. The summed E-state index contributed by atoms with van der Waals surface area (Å²) in [6, 6.07) is 0. The van der Waals surface area contributed by atoms with Crippen LogP contribution in [-0.2, 0) is 9.68 Å². The molecule has 0 unspecified atom stereocenters. The number of amides is 2. The lowest BCUT2D eigenvalue weighted by molar-refractivity contribution is -0.0844. The van der Waals surface area contributed by atoms with Crippen LogP contribution in [0.4, 0.5) is 9.59 Å². The largest absolute Gasteiger partial charge is 0.429 e. The lowest BCUT2D eigenvalue weighted by Gasteiger charge is -2.05. The maximum atomic E-state index is 10.7. The van der Waals surface area contributed by atoms with Gasteiger partial charge >= 0.3 is 12.2 Å². The molecule has 7 nitrogen and oxygen atoms in total. The molecular weight excluding hydrogens is 202 g/mol. The Balaban J connectivity index is 3.43. The molecule has 0 aliphatic heterocycles. The van der Waals surface area contributed by atoms with Crippen molar-refractivity contribution < 1.29 is 19.3 Å². The molecular formula is C8H13N3O4. The van der Waals surface area contributed by atoms with Crippen molar-refractivity contribution in [1.29, 1.82) is 0 Å². The fourth-order valence-electron chi connectivity index (χ4n) is 0.480. The van der Waals surface area contributed by atoms with Gasteiger partial charge in [0.1, 0.15) is 0 Å². The van der Waals surface area contributed by atoms with Crippen molar-refractivity contribution in [3.8, 4) is 0 Å². The van der Waals surface area contributed by atoms with Gasteiger partial charge in [0.25, 0.3) is 0 Å². The van der Waals surface area contributed by atoms with Gasteiger partial charge in [-0.05, 0) is 0 Å². The molecule has 0 atom stereocenters. The molecule has 0 rings (SSSR count). The van der Waals surface area contributed by atoms with Crippen molar-refractivity contribution in [2.45, 2.75) is 0 Å². The van der Waals surface area contributed by atoms with Gasteiger partial charge in [-0.1, -0.05) is 12.2 Å². The van der Waals surface area contributed by atoms with E-state index in [1.54, 1.807) is 5.64 Å². The van der Waals surface area contributed by atoms with Gasteiger partial charge in [0.2, 0.25) is 0 Å². The van der Waals surface area contributed by atoms with Gasteiger partial charge in [-0.2, -0.15) is 0 Å². The van der Waals surface area contributed by atoms with Crippen molar-refractivity contribution in [3.63, 3.8) is 0 Å². The predicted octanol–water partition coefficient (Wildman–Crippen LogP) is 0.230. The molecule has 0 saturated carbocycles. The Morgan fingerprint density at radius 3 is 1.73 bits per heavy atom. The van der Waals surface area contributed by atoms with E-state index in [-0.39, 0.29) is 13.1 Å². The Hall–Kier alpha value is -2.02. The van der Waals surface area contributed by atoms with Gasteiger partial charge in [0, 0.05) is 18.7 Å². The lowest BCUT2D eigenvalue weighted by atomic mass is 10.6. The molecule has 0 aliphatic rings. The standard InChI is InChI=1S/C8H13N3O4/c1-3-5-9-7(12)14-11-15-8(13)10-6-4-2/h3-4,11H,1-2,5-6H2,(H,9,12)(H,10,13). The fourth-order valence-corrected chi connectivity index (χ4v) is 0.480. The van der Waals surface area contributed by atoms with E-state index in [0.717, 1.165) is 0 Å². The molecule has 84 valence electrons. The molecule has 0 saturated heterocycles. The van der Waals surface area contributed by atoms with Gasteiger partial charge in [0.15, 0.2) is 0 Å². The van der Waals surface area contributed by atoms with Gasteiger partial charge in [-0.15, -0.1) is 13.2 Å². The third-order valence-electron chi connectivity index (χ3n) is 1.05. The third kappa shape index (κ3) is 8.31. The molecule has 0 aliphatic carbocycles. The van der Waals surface area contributed by atoms with Crippen molar-refractivity contribution in [1.82, 2.24) is 16.3 Å². The van der Waals surface area contributed by atoms with Crippen LogP contribution in [0.1, 0.15) is 0 Å². The van der Waals surface area contributed by atoms with Crippen LogP contribution in [0.2, 0.25) is 0 Å². The lowest BCUT2D eigenvalue weighted by Crippen LogP contribution is -2.35. The first-order valence-electron chi connectivity index (χ1n) is 4.06. The highest BCUT2D eigenvalue weighted by molar-refractivity contribution is 5.68. The number of hydrogen-bond acceptors (Lipinski definition) is 5. The van der Waals surface area contributed by atoms with Crippen LogP contribution in [0, 0.1) is 0 Å². The number of carbonyl (C=O) groups is 2. The van der Waals surface area contributed by atoms with Crippen LogP contribution in [-0.4, -0.2) is 25.3 Å². The zero-order chi connectivity index (χ0) is 11.5. The van der Waals surface area contributed by atoms with Gasteiger partial charge < -0.3 is 20.3 Å². The Morgan fingerprint density at radius 2 is 1.40 bits per heavy atom. The summed E-state index contributed by atoms with van der Waals surface area (Å²) in [6.07, 6.45) is 1.37. The predicted molar refractivity (Wildman–Crippen MR) is 52.5 cm³/mol. The highest BCUT2D eigenvalue weighted by atomic mass is 16.9. The first kappa shape index (κ1) is 13.0. The van der Waals surface area contributed by atoms with Gasteiger partial charge in [0.05, 0.1) is 0 Å². The summed E-state index contributed by atoms with van der Waals surface area (Å²) >= 11 is 0.